The van der Waals surface area contributed by atoms with Gasteiger partial charge in [0.05, 0.1) is 30.6 Å². The highest BCUT2D eigenvalue weighted by atomic mass is 16.6. The van der Waals surface area contributed by atoms with Gasteiger partial charge in [-0.15, -0.1) is 0 Å². The molecule has 0 aromatic carbocycles. The zero-order valence-electron chi connectivity index (χ0n) is 18.0. The largest absolute Gasteiger partial charge is 0.465 e. The van der Waals surface area contributed by atoms with Gasteiger partial charge in [0, 0.05) is 18.6 Å². The van der Waals surface area contributed by atoms with Crippen molar-refractivity contribution in [3.8, 4) is 0 Å². The van der Waals surface area contributed by atoms with Crippen LogP contribution in [0.5, 0.6) is 0 Å². The van der Waals surface area contributed by atoms with Gasteiger partial charge in [0.25, 0.3) is 11.7 Å². The first-order valence-corrected chi connectivity index (χ1v) is 9.39. The number of nitrogens with zero attached hydrogens (tertiary/aromatic N) is 2. The summed E-state index contributed by atoms with van der Waals surface area (Å²) in [6, 6.07) is 1.35. The second-order valence-electron chi connectivity index (χ2n) is 8.97. The minimum absolute atomic E-state index is 0.0630. The van der Waals surface area contributed by atoms with Crippen molar-refractivity contribution in [1.29, 1.82) is 0 Å². The Morgan fingerprint density at radius 2 is 1.66 bits per heavy atom. The molecular weight excluding hydrogens is 378 g/mol. The summed E-state index contributed by atoms with van der Waals surface area (Å²) in [4.78, 5) is 51.2. The number of esters is 1. The van der Waals surface area contributed by atoms with Gasteiger partial charge >= 0.3 is 12.1 Å². The predicted octanol–water partition coefficient (Wildman–Crippen LogP) is 2.12. The number of rotatable bonds is 3. The van der Waals surface area contributed by atoms with E-state index in [4.69, 9.17) is 9.47 Å². The third-order valence-electron chi connectivity index (χ3n) is 4.13. The number of ether oxygens (including phenoxy) is 2. The molecule has 0 radical (unpaired) electrons. The molecule has 0 saturated heterocycles. The monoisotopic (exact) mass is 407 g/mol. The number of methoxy groups -OCH3 is 1. The highest BCUT2D eigenvalue weighted by Crippen LogP contribution is 2.25. The number of hydrogen-bond donors (Lipinski definition) is 1. The van der Waals surface area contributed by atoms with Crippen LogP contribution in [0.2, 0.25) is 0 Å². The van der Waals surface area contributed by atoms with Crippen molar-refractivity contribution in [2.24, 2.45) is 0 Å². The summed E-state index contributed by atoms with van der Waals surface area (Å²) in [5.74, 6) is -2.15. The first-order valence-electron chi connectivity index (χ1n) is 9.39. The standard InChI is InChI=1S/C20H29N3O6/c1-19(2,3)21-16(25)15(24)13-10-12(17(26)28-7)14-11-22(8-9-23(13)14)18(27)29-20(4,5)6/h10H,8-9,11H2,1-7H3,(H,21,25). The van der Waals surface area contributed by atoms with Gasteiger partial charge in [0.1, 0.15) is 5.60 Å². The zero-order valence-corrected chi connectivity index (χ0v) is 18.0. The Bertz CT molecular complexity index is 842. The highest BCUT2D eigenvalue weighted by Gasteiger charge is 2.34. The lowest BCUT2D eigenvalue weighted by Crippen LogP contribution is -2.45. The lowest BCUT2D eigenvalue weighted by Gasteiger charge is -2.32. The van der Waals surface area contributed by atoms with E-state index >= 15 is 0 Å². The third-order valence-corrected chi connectivity index (χ3v) is 4.13. The van der Waals surface area contributed by atoms with Gasteiger partial charge in [-0.2, -0.15) is 0 Å². The van der Waals surface area contributed by atoms with Gasteiger partial charge in [-0.3, -0.25) is 9.59 Å². The van der Waals surface area contributed by atoms with E-state index in [-0.39, 0.29) is 30.9 Å². The minimum Gasteiger partial charge on any atom is -0.465 e. The van der Waals surface area contributed by atoms with Gasteiger partial charge in [-0.1, -0.05) is 0 Å². The Hall–Kier alpha value is -2.84. The lowest BCUT2D eigenvalue weighted by molar-refractivity contribution is -0.118. The fourth-order valence-electron chi connectivity index (χ4n) is 2.97. The number of hydrogen-bond acceptors (Lipinski definition) is 6. The smallest absolute Gasteiger partial charge is 0.410 e. The van der Waals surface area contributed by atoms with Crippen molar-refractivity contribution in [3.05, 3.63) is 23.0 Å². The normalized spacial score (nSPS) is 14.1. The molecule has 0 unspecified atom stereocenters. The minimum atomic E-state index is -0.760. The van der Waals surface area contributed by atoms with Crippen LogP contribution in [0.4, 0.5) is 4.79 Å². The molecule has 9 heteroatoms. The maximum atomic E-state index is 12.7. The van der Waals surface area contributed by atoms with E-state index in [2.05, 4.69) is 5.32 Å². The Kier molecular flexibility index (Phi) is 6.10. The molecule has 2 heterocycles. The number of amides is 2. The summed E-state index contributed by atoms with van der Waals surface area (Å²) in [6.07, 6.45) is -0.515. The molecular formula is C20H29N3O6. The zero-order chi connectivity index (χ0) is 22.1. The quantitative estimate of drug-likeness (QED) is 0.467. The van der Waals surface area contributed by atoms with E-state index in [0.717, 1.165) is 0 Å². The van der Waals surface area contributed by atoms with Crippen LogP contribution in [0.15, 0.2) is 6.07 Å². The van der Waals surface area contributed by atoms with Crippen LogP contribution in [0, 0.1) is 0 Å². The Balaban J connectivity index is 2.38. The molecule has 1 aromatic heterocycles. The number of fused-ring (bicyclic) bond motifs is 1. The Labute approximate surface area is 170 Å². The Morgan fingerprint density at radius 3 is 2.17 bits per heavy atom. The van der Waals surface area contributed by atoms with Crippen LogP contribution in [-0.2, 0) is 27.4 Å². The molecule has 0 atom stereocenters. The van der Waals surface area contributed by atoms with E-state index in [1.807, 2.05) is 0 Å². The number of Topliss-reactive ketones (excluding diaryl/α,β-unsaturated/α-hetero) is 1. The van der Waals surface area contributed by atoms with E-state index in [9.17, 15) is 19.2 Å². The predicted molar refractivity (Wildman–Crippen MR) is 105 cm³/mol. The molecule has 2 amide bonds. The van der Waals surface area contributed by atoms with Gasteiger partial charge < -0.3 is 24.3 Å². The summed E-state index contributed by atoms with van der Waals surface area (Å²) in [5.41, 5.74) is -0.573. The van der Waals surface area contributed by atoms with Crippen molar-refractivity contribution in [2.75, 3.05) is 13.7 Å². The topological polar surface area (TPSA) is 107 Å². The van der Waals surface area contributed by atoms with Crippen molar-refractivity contribution >= 4 is 23.8 Å². The highest BCUT2D eigenvalue weighted by molar-refractivity contribution is 6.42. The first kappa shape index (κ1) is 22.4. The first-order chi connectivity index (χ1) is 13.2. The van der Waals surface area contributed by atoms with Gasteiger partial charge in [0.15, 0.2) is 0 Å². The van der Waals surface area contributed by atoms with Gasteiger partial charge in [-0.05, 0) is 47.6 Å². The molecule has 0 saturated carbocycles. The third kappa shape index (κ3) is 5.36. The fraction of sp³-hybridized carbons (Fsp3) is 0.600. The molecule has 1 aliphatic rings. The average Bonchev–Trinajstić information content (AvgIpc) is 2.96. The van der Waals surface area contributed by atoms with Crippen LogP contribution in [0.25, 0.3) is 0 Å². The van der Waals surface area contributed by atoms with Crippen LogP contribution in [0.3, 0.4) is 0 Å². The molecule has 1 aromatic rings. The molecule has 9 nitrogen and oxygen atoms in total. The second-order valence-corrected chi connectivity index (χ2v) is 8.97. The van der Waals surface area contributed by atoms with Crippen molar-refractivity contribution < 1.29 is 28.7 Å². The number of nitrogens with one attached hydrogen (secondary N) is 1. The van der Waals surface area contributed by atoms with Crippen molar-refractivity contribution in [2.45, 2.75) is 65.8 Å². The van der Waals surface area contributed by atoms with Crippen molar-refractivity contribution in [3.63, 3.8) is 0 Å². The summed E-state index contributed by atoms with van der Waals surface area (Å²) < 4.78 is 11.8. The Morgan fingerprint density at radius 1 is 1.03 bits per heavy atom. The van der Waals surface area contributed by atoms with E-state index in [1.54, 1.807) is 46.1 Å². The van der Waals surface area contributed by atoms with Crippen LogP contribution >= 0.6 is 0 Å². The number of carbonyl (C=O) groups is 4. The lowest BCUT2D eigenvalue weighted by atomic mass is 10.1. The molecule has 0 aliphatic carbocycles. The van der Waals surface area contributed by atoms with E-state index < -0.39 is 34.9 Å². The van der Waals surface area contributed by atoms with Gasteiger partial charge in [-0.25, -0.2) is 9.59 Å². The number of carbonyl (C=O) groups excluding carboxylic acids is 4. The molecule has 1 N–H and O–H groups in total. The molecule has 0 spiro atoms. The maximum absolute atomic E-state index is 12.7. The second kappa shape index (κ2) is 7.88. The summed E-state index contributed by atoms with van der Waals surface area (Å²) >= 11 is 0. The molecule has 0 fully saturated rings. The van der Waals surface area contributed by atoms with Crippen molar-refractivity contribution in [1.82, 2.24) is 14.8 Å². The number of aromatic nitrogens is 1. The molecule has 0 bridgehead atoms. The molecule has 1 aliphatic heterocycles. The molecule has 29 heavy (non-hydrogen) atoms. The van der Waals surface area contributed by atoms with Gasteiger partial charge in [0.2, 0.25) is 0 Å². The maximum Gasteiger partial charge on any atom is 0.410 e. The molecule has 160 valence electrons. The molecule has 2 rings (SSSR count). The SMILES string of the molecule is COC(=O)c1cc(C(=O)C(=O)NC(C)(C)C)n2c1CN(C(=O)OC(C)(C)C)CC2. The van der Waals surface area contributed by atoms with E-state index in [1.165, 1.54) is 18.1 Å². The van der Waals surface area contributed by atoms with Crippen LogP contribution in [-0.4, -0.2) is 58.0 Å². The average molecular weight is 407 g/mol. The van der Waals surface area contributed by atoms with E-state index in [0.29, 0.717) is 5.69 Å². The number of ketones is 1. The van der Waals surface area contributed by atoms with Crippen LogP contribution in [0.1, 0.15) is 68.1 Å². The summed E-state index contributed by atoms with van der Waals surface area (Å²) in [6.45, 7) is 11.2. The summed E-state index contributed by atoms with van der Waals surface area (Å²) in [5, 5.41) is 2.63. The van der Waals surface area contributed by atoms with Crippen LogP contribution < -0.4 is 5.32 Å². The summed E-state index contributed by atoms with van der Waals surface area (Å²) in [7, 11) is 1.23. The fourth-order valence-corrected chi connectivity index (χ4v) is 2.97.